The monoisotopic (exact) mass is 754 g/mol. The van der Waals surface area contributed by atoms with Gasteiger partial charge in [0.25, 0.3) is 0 Å². The highest BCUT2D eigenvalue weighted by molar-refractivity contribution is 6.08. The molecule has 286 valence electrons. The Morgan fingerprint density at radius 3 is 0.946 bits per heavy atom. The van der Waals surface area contributed by atoms with E-state index in [1.807, 2.05) is 121 Å². The first-order chi connectivity index (χ1) is 27.4. The summed E-state index contributed by atoms with van der Waals surface area (Å²) in [6.07, 6.45) is 0. The zero-order valence-electron chi connectivity index (χ0n) is 31.6. The molecule has 0 aliphatic carbocycles. The number of esters is 2. The summed E-state index contributed by atoms with van der Waals surface area (Å²) in [6, 6.07) is 41.2. The molecule has 0 saturated heterocycles. The number of methoxy groups -OCH3 is 4. The minimum absolute atomic E-state index is 0.00473. The molecule has 0 saturated carbocycles. The second kappa shape index (κ2) is 18.9. The van der Waals surface area contributed by atoms with Crippen LogP contribution in [0, 0.1) is 0 Å². The molecule has 0 N–H and O–H groups in total. The summed E-state index contributed by atoms with van der Waals surface area (Å²) >= 11 is 0. The maximum Gasteiger partial charge on any atom is 0.338 e. The Labute approximate surface area is 326 Å². The van der Waals surface area contributed by atoms with Gasteiger partial charge in [0.15, 0.2) is 23.0 Å². The summed E-state index contributed by atoms with van der Waals surface area (Å²) in [7, 11) is 5.39. The number of carbonyl (C=O) groups excluding carboxylic acids is 2. The summed E-state index contributed by atoms with van der Waals surface area (Å²) in [4.78, 5) is 27.8. The van der Waals surface area contributed by atoms with Gasteiger partial charge in [0.1, 0.15) is 26.4 Å². The molecule has 0 heterocycles. The van der Waals surface area contributed by atoms with E-state index in [4.69, 9.17) is 37.9 Å². The highest BCUT2D eigenvalue weighted by Crippen LogP contribution is 2.55. The Kier molecular flexibility index (Phi) is 13.1. The zero-order chi connectivity index (χ0) is 39.3. The van der Waals surface area contributed by atoms with Crippen molar-refractivity contribution in [3.05, 3.63) is 167 Å². The van der Waals surface area contributed by atoms with Crippen molar-refractivity contribution in [1.29, 1.82) is 0 Å². The summed E-state index contributed by atoms with van der Waals surface area (Å²) in [5.74, 6) is -0.601. The van der Waals surface area contributed by atoms with E-state index in [1.54, 1.807) is 0 Å². The highest BCUT2D eigenvalue weighted by atomic mass is 16.6. The van der Waals surface area contributed by atoms with E-state index < -0.39 is 11.9 Å². The largest absolute Gasteiger partial charge is 0.492 e. The Morgan fingerprint density at radius 1 is 0.393 bits per heavy atom. The first-order valence-electron chi connectivity index (χ1n) is 17.8. The van der Waals surface area contributed by atoms with Crippen LogP contribution >= 0.6 is 0 Å². The molecular formula is C46H42O10. The average molecular weight is 755 g/mol. The molecule has 0 fully saturated rings. The van der Waals surface area contributed by atoms with E-state index in [-0.39, 0.29) is 83.2 Å². The molecule has 0 radical (unpaired) electrons. The van der Waals surface area contributed by atoms with Crippen LogP contribution in [-0.4, -0.2) is 40.4 Å². The van der Waals surface area contributed by atoms with Gasteiger partial charge in [-0.2, -0.15) is 0 Å². The van der Waals surface area contributed by atoms with E-state index in [1.165, 1.54) is 40.6 Å². The van der Waals surface area contributed by atoms with Crippen LogP contribution in [0.4, 0.5) is 0 Å². The lowest BCUT2D eigenvalue weighted by Gasteiger charge is -2.25. The fourth-order valence-corrected chi connectivity index (χ4v) is 6.08. The van der Waals surface area contributed by atoms with Crippen LogP contribution in [-0.2, 0) is 35.9 Å². The van der Waals surface area contributed by atoms with Gasteiger partial charge in [-0.05, 0) is 34.4 Å². The molecular weight excluding hydrogens is 712 g/mol. The zero-order valence-corrected chi connectivity index (χ0v) is 31.6. The van der Waals surface area contributed by atoms with Gasteiger partial charge in [-0.3, -0.25) is 0 Å². The smallest absolute Gasteiger partial charge is 0.338 e. The van der Waals surface area contributed by atoms with Crippen LogP contribution in [0.25, 0.3) is 11.1 Å². The van der Waals surface area contributed by atoms with Crippen LogP contribution in [0.3, 0.4) is 0 Å². The Bertz CT molecular complexity index is 2060. The van der Waals surface area contributed by atoms with Crippen molar-refractivity contribution < 1.29 is 47.5 Å². The van der Waals surface area contributed by atoms with Gasteiger partial charge in [-0.15, -0.1) is 0 Å². The van der Waals surface area contributed by atoms with Gasteiger partial charge in [-0.25, -0.2) is 9.59 Å². The lowest BCUT2D eigenvalue weighted by atomic mass is 9.91. The molecule has 56 heavy (non-hydrogen) atoms. The fourth-order valence-electron chi connectivity index (χ4n) is 6.08. The van der Waals surface area contributed by atoms with Crippen molar-refractivity contribution in [3.63, 3.8) is 0 Å². The number of benzene rings is 6. The second-order valence-electron chi connectivity index (χ2n) is 12.4. The van der Waals surface area contributed by atoms with Gasteiger partial charge in [0, 0.05) is 11.1 Å². The van der Waals surface area contributed by atoms with E-state index in [0.717, 1.165) is 22.3 Å². The first-order valence-corrected chi connectivity index (χ1v) is 17.8. The molecule has 0 aromatic heterocycles. The van der Waals surface area contributed by atoms with E-state index in [2.05, 4.69) is 0 Å². The van der Waals surface area contributed by atoms with Crippen LogP contribution in [0.5, 0.6) is 34.5 Å². The maximum absolute atomic E-state index is 13.9. The Hall–Kier alpha value is -6.94. The molecule has 0 aliphatic rings. The van der Waals surface area contributed by atoms with Crippen LogP contribution in [0.1, 0.15) is 43.0 Å². The Morgan fingerprint density at radius 2 is 0.679 bits per heavy atom. The van der Waals surface area contributed by atoms with Crippen molar-refractivity contribution in [1.82, 2.24) is 0 Å². The third-order valence-electron chi connectivity index (χ3n) is 8.80. The lowest BCUT2D eigenvalue weighted by molar-refractivity contribution is 0.0589. The Balaban J connectivity index is 1.61. The molecule has 6 aromatic rings. The van der Waals surface area contributed by atoms with E-state index >= 15 is 0 Å². The van der Waals surface area contributed by atoms with E-state index in [9.17, 15) is 9.59 Å². The highest BCUT2D eigenvalue weighted by Gasteiger charge is 2.35. The van der Waals surface area contributed by atoms with Crippen LogP contribution in [0.2, 0.25) is 0 Å². The van der Waals surface area contributed by atoms with E-state index in [0.29, 0.717) is 0 Å². The average Bonchev–Trinajstić information content (AvgIpc) is 3.26. The fraction of sp³-hybridized carbons (Fsp3) is 0.174. The van der Waals surface area contributed by atoms with Crippen molar-refractivity contribution in [3.8, 4) is 45.6 Å². The normalized spacial score (nSPS) is 10.6. The lowest BCUT2D eigenvalue weighted by Crippen LogP contribution is -2.13. The maximum atomic E-state index is 13.9. The first kappa shape index (κ1) is 38.8. The molecule has 0 atom stereocenters. The number of ether oxygens (including phenoxy) is 8. The topological polar surface area (TPSA) is 108 Å². The van der Waals surface area contributed by atoms with Gasteiger partial charge in [-0.1, -0.05) is 121 Å². The molecule has 6 aromatic carbocycles. The van der Waals surface area contributed by atoms with Gasteiger partial charge in [0.05, 0.1) is 39.6 Å². The minimum atomic E-state index is -0.744. The van der Waals surface area contributed by atoms with Crippen molar-refractivity contribution in [2.24, 2.45) is 0 Å². The third kappa shape index (κ3) is 9.05. The molecule has 0 amide bonds. The molecule has 10 heteroatoms. The predicted octanol–water partition coefficient (Wildman–Crippen LogP) is 9.26. The van der Waals surface area contributed by atoms with Crippen molar-refractivity contribution in [2.45, 2.75) is 26.4 Å². The van der Waals surface area contributed by atoms with Crippen molar-refractivity contribution >= 4 is 11.9 Å². The second-order valence-corrected chi connectivity index (χ2v) is 12.4. The molecule has 0 spiro atoms. The molecule has 6 rings (SSSR count). The predicted molar refractivity (Wildman–Crippen MR) is 211 cm³/mol. The standard InChI is InChI=1S/C46H42O10/c1-49-43-39(35(45(47)51-3)25-37(53-27-31-17-9-5-10-18-31)41(43)55-29-33-21-13-7-14-22-33)40-36(46(48)52-4)26-38(54-28-32-19-11-6-12-20-32)42(44(40)50-2)56-30-34-23-15-8-16-24-34/h5-26H,27-30H2,1-4H3. The van der Waals surface area contributed by atoms with Crippen molar-refractivity contribution in [2.75, 3.05) is 28.4 Å². The quantitative estimate of drug-likeness (QED) is 0.0837. The minimum Gasteiger partial charge on any atom is -0.492 e. The summed E-state index contributed by atoms with van der Waals surface area (Å²) in [5, 5.41) is 0. The number of hydrogen-bond acceptors (Lipinski definition) is 10. The number of rotatable bonds is 17. The summed E-state index contributed by atoms with van der Waals surface area (Å²) in [5.41, 5.74) is 3.72. The molecule has 10 nitrogen and oxygen atoms in total. The summed E-state index contributed by atoms with van der Waals surface area (Å²) in [6.45, 7) is 0.532. The van der Waals surface area contributed by atoms with Gasteiger partial charge >= 0.3 is 11.9 Å². The summed E-state index contributed by atoms with van der Waals surface area (Å²) < 4.78 is 48.6. The SMILES string of the molecule is COC(=O)c1cc(OCc2ccccc2)c(OCc2ccccc2)c(OC)c1-c1c(C(=O)OC)cc(OCc2ccccc2)c(OCc2ccccc2)c1OC. The number of hydrogen-bond donors (Lipinski definition) is 0. The van der Waals surface area contributed by atoms with Gasteiger partial charge < -0.3 is 37.9 Å². The molecule has 0 aliphatic heterocycles. The third-order valence-corrected chi connectivity index (χ3v) is 8.80. The van der Waals surface area contributed by atoms with Crippen LogP contribution < -0.4 is 28.4 Å². The van der Waals surface area contributed by atoms with Gasteiger partial charge in [0.2, 0.25) is 11.5 Å². The van der Waals surface area contributed by atoms with Crippen LogP contribution in [0.15, 0.2) is 133 Å². The number of carbonyl (C=O) groups is 2. The molecule has 0 bridgehead atoms. The molecule has 0 unspecified atom stereocenters.